The highest BCUT2D eigenvalue weighted by atomic mass is 35.7. The molecular formula is C7H4ClFN2O2S. The summed E-state index contributed by atoms with van der Waals surface area (Å²) in [5.41, 5.74) is -0.0354. The Bertz CT molecular complexity index is 593. The zero-order chi connectivity index (χ0) is 10.3. The molecule has 7 heteroatoms. The number of rotatable bonds is 1. The van der Waals surface area contributed by atoms with E-state index in [9.17, 15) is 12.8 Å². The predicted octanol–water partition coefficient (Wildman–Crippen LogP) is 1.63. The van der Waals surface area contributed by atoms with Crippen LogP contribution in [0.2, 0.25) is 0 Å². The summed E-state index contributed by atoms with van der Waals surface area (Å²) in [6.07, 6.45) is 0. The molecule has 1 N–H and O–H groups in total. The molecule has 0 saturated heterocycles. The van der Waals surface area contributed by atoms with Crippen LogP contribution in [0.3, 0.4) is 0 Å². The predicted molar refractivity (Wildman–Crippen MR) is 49.1 cm³/mol. The molecule has 0 atom stereocenters. The Balaban J connectivity index is 2.90. The van der Waals surface area contributed by atoms with Gasteiger partial charge in [-0.3, -0.25) is 5.10 Å². The lowest BCUT2D eigenvalue weighted by atomic mass is 10.2. The third-order valence-electron chi connectivity index (χ3n) is 1.74. The molecule has 1 aromatic carbocycles. The van der Waals surface area contributed by atoms with Crippen molar-refractivity contribution >= 4 is 30.6 Å². The average Bonchev–Trinajstić information content (AvgIpc) is 2.47. The van der Waals surface area contributed by atoms with Crippen molar-refractivity contribution < 1.29 is 12.8 Å². The first-order valence-corrected chi connectivity index (χ1v) is 5.88. The zero-order valence-corrected chi connectivity index (χ0v) is 8.23. The van der Waals surface area contributed by atoms with Crippen molar-refractivity contribution in [3.05, 3.63) is 24.0 Å². The van der Waals surface area contributed by atoms with Crippen LogP contribution in [0.15, 0.2) is 23.2 Å². The van der Waals surface area contributed by atoms with E-state index in [4.69, 9.17) is 10.7 Å². The number of fused-ring (bicyclic) bond motifs is 1. The maximum absolute atomic E-state index is 13.1. The fraction of sp³-hybridized carbons (Fsp3) is 0. The maximum atomic E-state index is 13.1. The second-order valence-corrected chi connectivity index (χ2v) is 5.13. The Kier molecular flexibility index (Phi) is 1.97. The van der Waals surface area contributed by atoms with Crippen molar-refractivity contribution in [2.75, 3.05) is 0 Å². The molecule has 0 fully saturated rings. The molecular weight excluding hydrogens is 231 g/mol. The Hall–Kier alpha value is -1.14. The van der Waals surface area contributed by atoms with E-state index in [0.717, 1.165) is 0 Å². The van der Waals surface area contributed by atoms with Gasteiger partial charge in [0.1, 0.15) is 5.52 Å². The molecule has 0 saturated carbocycles. The summed E-state index contributed by atoms with van der Waals surface area (Å²) >= 11 is 0. The average molecular weight is 235 g/mol. The molecule has 74 valence electrons. The molecule has 0 aliphatic rings. The minimum Gasteiger partial charge on any atom is -0.265 e. The normalized spacial score (nSPS) is 12.1. The first-order valence-electron chi connectivity index (χ1n) is 3.57. The monoisotopic (exact) mass is 234 g/mol. The van der Waals surface area contributed by atoms with Gasteiger partial charge in [-0.25, -0.2) is 12.8 Å². The Morgan fingerprint density at radius 2 is 2.14 bits per heavy atom. The summed E-state index contributed by atoms with van der Waals surface area (Å²) < 4.78 is 35.0. The number of aromatic nitrogens is 2. The Morgan fingerprint density at radius 1 is 1.43 bits per heavy atom. The van der Waals surface area contributed by atoms with Crippen LogP contribution in [0.1, 0.15) is 0 Å². The van der Waals surface area contributed by atoms with E-state index >= 15 is 0 Å². The molecule has 4 nitrogen and oxygen atoms in total. The smallest absolute Gasteiger partial charge is 0.265 e. The van der Waals surface area contributed by atoms with E-state index in [2.05, 4.69) is 10.2 Å². The van der Waals surface area contributed by atoms with Crippen molar-refractivity contribution in [2.24, 2.45) is 0 Å². The van der Waals surface area contributed by atoms with Gasteiger partial charge in [-0.05, 0) is 12.1 Å². The van der Waals surface area contributed by atoms with Crippen LogP contribution in [0.25, 0.3) is 10.9 Å². The van der Waals surface area contributed by atoms with Gasteiger partial charge in [-0.15, -0.1) is 0 Å². The van der Waals surface area contributed by atoms with Gasteiger partial charge in [-0.2, -0.15) is 5.10 Å². The summed E-state index contributed by atoms with van der Waals surface area (Å²) in [5, 5.41) is 5.57. The van der Waals surface area contributed by atoms with Gasteiger partial charge >= 0.3 is 0 Å². The van der Waals surface area contributed by atoms with Gasteiger partial charge in [0.15, 0.2) is 10.8 Å². The number of hydrogen-bond donors (Lipinski definition) is 1. The van der Waals surface area contributed by atoms with E-state index < -0.39 is 14.9 Å². The first kappa shape index (κ1) is 9.42. The summed E-state index contributed by atoms with van der Waals surface area (Å²) in [7, 11) is 1.19. The zero-order valence-electron chi connectivity index (χ0n) is 6.66. The fourth-order valence-corrected chi connectivity index (χ4v) is 2.10. The molecule has 0 aliphatic carbocycles. The topological polar surface area (TPSA) is 62.8 Å². The highest BCUT2D eigenvalue weighted by Gasteiger charge is 2.18. The molecule has 0 amide bonds. The van der Waals surface area contributed by atoms with Gasteiger partial charge < -0.3 is 0 Å². The second-order valence-electron chi connectivity index (χ2n) is 2.63. The molecule has 0 unspecified atom stereocenters. The highest BCUT2D eigenvalue weighted by molar-refractivity contribution is 8.13. The van der Waals surface area contributed by atoms with Crippen LogP contribution in [-0.2, 0) is 9.05 Å². The van der Waals surface area contributed by atoms with Crippen LogP contribution < -0.4 is 0 Å². The molecule has 2 rings (SSSR count). The van der Waals surface area contributed by atoms with Crippen LogP contribution in [0.5, 0.6) is 0 Å². The molecule has 2 aromatic rings. The molecule has 0 radical (unpaired) electrons. The number of benzene rings is 1. The number of nitrogens with one attached hydrogen (secondary N) is 1. The van der Waals surface area contributed by atoms with Gasteiger partial charge in [0.25, 0.3) is 9.05 Å². The van der Waals surface area contributed by atoms with Crippen LogP contribution in [-0.4, -0.2) is 18.6 Å². The molecule has 0 aliphatic heterocycles. The Labute approximate surface area is 83.1 Å². The first-order chi connectivity index (χ1) is 6.50. The van der Waals surface area contributed by atoms with Crippen LogP contribution in [0, 0.1) is 5.82 Å². The largest absolute Gasteiger partial charge is 0.278 e. The van der Waals surface area contributed by atoms with E-state index in [1.165, 1.54) is 18.2 Å². The number of hydrogen-bond acceptors (Lipinski definition) is 3. The quantitative estimate of drug-likeness (QED) is 0.763. The maximum Gasteiger partial charge on any atom is 0.278 e. The van der Waals surface area contributed by atoms with Crippen molar-refractivity contribution in [1.29, 1.82) is 0 Å². The summed E-state index contributed by atoms with van der Waals surface area (Å²) in [5.74, 6) is -0.592. The summed E-state index contributed by atoms with van der Waals surface area (Å²) in [6.45, 7) is 0. The van der Waals surface area contributed by atoms with Crippen molar-refractivity contribution in [1.82, 2.24) is 10.2 Å². The second kappa shape index (κ2) is 2.93. The number of H-pyrrole nitrogens is 1. The summed E-state index contributed by atoms with van der Waals surface area (Å²) in [6, 6.07) is 4.00. The lowest BCUT2D eigenvalue weighted by Gasteiger charge is -1.91. The molecule has 0 bridgehead atoms. The minimum absolute atomic E-state index is 0.0354. The molecule has 0 spiro atoms. The van der Waals surface area contributed by atoms with E-state index in [-0.39, 0.29) is 15.9 Å². The van der Waals surface area contributed by atoms with Crippen LogP contribution in [0.4, 0.5) is 4.39 Å². The third-order valence-corrected chi connectivity index (χ3v) is 3.01. The van der Waals surface area contributed by atoms with Gasteiger partial charge in [-0.1, -0.05) is 6.07 Å². The van der Waals surface area contributed by atoms with E-state index in [0.29, 0.717) is 0 Å². The lowest BCUT2D eigenvalue weighted by molar-refractivity contribution is 0.606. The SMILES string of the molecule is O=S(=O)(Cl)c1[nH]nc2c(F)cccc12. The number of aromatic amines is 1. The highest BCUT2D eigenvalue weighted by Crippen LogP contribution is 2.24. The fourth-order valence-electron chi connectivity index (χ4n) is 1.16. The van der Waals surface area contributed by atoms with Gasteiger partial charge in [0.05, 0.1) is 0 Å². The van der Waals surface area contributed by atoms with Crippen molar-refractivity contribution in [3.8, 4) is 0 Å². The minimum atomic E-state index is -3.92. The van der Waals surface area contributed by atoms with Gasteiger partial charge in [0.2, 0.25) is 0 Å². The van der Waals surface area contributed by atoms with E-state index in [1.54, 1.807) is 0 Å². The molecule has 14 heavy (non-hydrogen) atoms. The van der Waals surface area contributed by atoms with Crippen molar-refractivity contribution in [3.63, 3.8) is 0 Å². The summed E-state index contributed by atoms with van der Waals surface area (Å²) in [4.78, 5) is 0. The van der Waals surface area contributed by atoms with E-state index in [1.807, 2.05) is 0 Å². The van der Waals surface area contributed by atoms with Gasteiger partial charge in [0, 0.05) is 16.1 Å². The third kappa shape index (κ3) is 1.36. The van der Waals surface area contributed by atoms with Crippen molar-refractivity contribution in [2.45, 2.75) is 5.03 Å². The van der Waals surface area contributed by atoms with Crippen LogP contribution >= 0.6 is 10.7 Å². The number of nitrogens with zero attached hydrogens (tertiary/aromatic N) is 1. The standard InChI is InChI=1S/C7H4ClFN2O2S/c8-14(12,13)7-4-2-1-3-5(9)6(4)10-11-7/h1-3H,(H,10,11). The number of halogens is 2. The lowest BCUT2D eigenvalue weighted by Crippen LogP contribution is -1.90. The Morgan fingerprint density at radius 3 is 2.79 bits per heavy atom. The molecule has 1 aromatic heterocycles. The number of para-hydroxylation sites is 1. The molecule has 1 heterocycles.